The summed E-state index contributed by atoms with van der Waals surface area (Å²) in [4.78, 5) is 16.2. The molecule has 26 heavy (non-hydrogen) atoms. The van der Waals surface area contributed by atoms with Crippen molar-refractivity contribution in [2.45, 2.75) is 6.54 Å². The van der Waals surface area contributed by atoms with Gasteiger partial charge in [0.25, 0.3) is 0 Å². The van der Waals surface area contributed by atoms with E-state index in [0.717, 1.165) is 11.3 Å². The van der Waals surface area contributed by atoms with Crippen LogP contribution >= 0.6 is 0 Å². The van der Waals surface area contributed by atoms with Gasteiger partial charge in [-0.15, -0.1) is 6.42 Å². The Morgan fingerprint density at radius 3 is 2.62 bits per heavy atom. The fraction of sp³-hybridized carbons (Fsp3) is 0.200. The van der Waals surface area contributed by atoms with Crippen LogP contribution < -0.4 is 20.7 Å². The number of ether oxygens (including phenoxy) is 1. The largest absolute Gasteiger partial charge is 0.497 e. The average molecular weight is 350 g/mol. The number of anilines is 1. The number of amides is 1. The van der Waals surface area contributed by atoms with Crippen molar-refractivity contribution in [1.29, 1.82) is 0 Å². The van der Waals surface area contributed by atoms with Gasteiger partial charge in [-0.1, -0.05) is 24.1 Å². The van der Waals surface area contributed by atoms with Crippen LogP contribution in [-0.4, -0.2) is 32.6 Å². The number of carbonyl (C=O) groups is 1. The zero-order chi connectivity index (χ0) is 18.8. The Kier molecular flexibility index (Phi) is 7.07. The second kappa shape index (κ2) is 9.74. The zero-order valence-electron chi connectivity index (χ0n) is 14.9. The highest BCUT2D eigenvalue weighted by atomic mass is 16.5. The molecule has 6 heteroatoms. The van der Waals surface area contributed by atoms with Crippen LogP contribution in [0.15, 0.2) is 53.5 Å². The van der Waals surface area contributed by atoms with Gasteiger partial charge in [0, 0.05) is 24.8 Å². The van der Waals surface area contributed by atoms with E-state index in [-0.39, 0.29) is 12.5 Å². The average Bonchev–Trinajstić information content (AvgIpc) is 2.68. The molecule has 3 N–H and O–H groups in total. The van der Waals surface area contributed by atoms with Crippen LogP contribution in [0, 0.1) is 12.3 Å². The van der Waals surface area contributed by atoms with Gasteiger partial charge in [-0.2, -0.15) is 0 Å². The summed E-state index contributed by atoms with van der Waals surface area (Å²) in [5.74, 6) is 3.69. The highest BCUT2D eigenvalue weighted by Gasteiger charge is 2.05. The van der Waals surface area contributed by atoms with Crippen molar-refractivity contribution in [2.75, 3.05) is 26.0 Å². The Morgan fingerprint density at radius 1 is 1.19 bits per heavy atom. The Bertz CT molecular complexity index is 807. The van der Waals surface area contributed by atoms with Gasteiger partial charge in [-0.3, -0.25) is 9.79 Å². The minimum absolute atomic E-state index is 0.0859. The van der Waals surface area contributed by atoms with Gasteiger partial charge in [-0.05, 0) is 35.9 Å². The van der Waals surface area contributed by atoms with Crippen molar-refractivity contribution in [1.82, 2.24) is 10.6 Å². The number of benzene rings is 2. The molecular formula is C20H22N4O2. The molecule has 0 radical (unpaired) electrons. The molecule has 0 atom stereocenters. The van der Waals surface area contributed by atoms with E-state index in [1.54, 1.807) is 38.4 Å². The normalized spacial score (nSPS) is 10.6. The van der Waals surface area contributed by atoms with Gasteiger partial charge >= 0.3 is 0 Å². The number of nitrogens with zero attached hydrogens (tertiary/aromatic N) is 1. The lowest BCUT2D eigenvalue weighted by Gasteiger charge is -2.12. The molecule has 134 valence electrons. The molecule has 0 aliphatic carbocycles. The lowest BCUT2D eigenvalue weighted by molar-refractivity contribution is -0.115. The number of hydrogen-bond donors (Lipinski definition) is 3. The molecule has 0 aliphatic heterocycles. The Hall–Kier alpha value is -3.46. The van der Waals surface area contributed by atoms with Crippen molar-refractivity contribution < 1.29 is 9.53 Å². The summed E-state index contributed by atoms with van der Waals surface area (Å²) < 4.78 is 5.13. The maximum atomic E-state index is 12.1. The van der Waals surface area contributed by atoms with Gasteiger partial charge in [0.15, 0.2) is 5.96 Å². The Balaban J connectivity index is 1.80. The molecule has 0 fully saturated rings. The lowest BCUT2D eigenvalue weighted by atomic mass is 10.2. The van der Waals surface area contributed by atoms with E-state index in [9.17, 15) is 4.79 Å². The van der Waals surface area contributed by atoms with Crippen molar-refractivity contribution in [3.8, 4) is 18.1 Å². The fourth-order valence-electron chi connectivity index (χ4n) is 2.21. The van der Waals surface area contributed by atoms with Gasteiger partial charge < -0.3 is 20.7 Å². The van der Waals surface area contributed by atoms with E-state index < -0.39 is 0 Å². The van der Waals surface area contributed by atoms with E-state index in [2.05, 4.69) is 26.9 Å². The highest BCUT2D eigenvalue weighted by Crippen LogP contribution is 2.11. The summed E-state index contributed by atoms with van der Waals surface area (Å²) in [7, 11) is 3.28. The van der Waals surface area contributed by atoms with Crippen molar-refractivity contribution >= 4 is 17.6 Å². The van der Waals surface area contributed by atoms with Crippen molar-refractivity contribution in [3.05, 3.63) is 59.7 Å². The first kappa shape index (κ1) is 18.9. The maximum absolute atomic E-state index is 12.1. The van der Waals surface area contributed by atoms with Crippen LogP contribution in [0.4, 0.5) is 5.69 Å². The first-order valence-corrected chi connectivity index (χ1v) is 8.08. The first-order valence-electron chi connectivity index (χ1n) is 8.08. The van der Waals surface area contributed by atoms with E-state index >= 15 is 0 Å². The second-order valence-corrected chi connectivity index (χ2v) is 5.40. The van der Waals surface area contributed by atoms with Crippen LogP contribution in [0.1, 0.15) is 11.1 Å². The van der Waals surface area contributed by atoms with Crippen molar-refractivity contribution in [3.63, 3.8) is 0 Å². The van der Waals surface area contributed by atoms with E-state index in [1.165, 1.54) is 0 Å². The van der Waals surface area contributed by atoms with Crippen LogP contribution in [0.3, 0.4) is 0 Å². The van der Waals surface area contributed by atoms with E-state index in [4.69, 9.17) is 11.2 Å². The molecule has 0 saturated heterocycles. The smallest absolute Gasteiger partial charge is 0.243 e. The minimum atomic E-state index is -0.188. The molecule has 0 unspecified atom stereocenters. The number of hydrogen-bond acceptors (Lipinski definition) is 3. The lowest BCUT2D eigenvalue weighted by Crippen LogP contribution is -2.41. The van der Waals surface area contributed by atoms with Crippen molar-refractivity contribution in [2.24, 2.45) is 4.99 Å². The Morgan fingerprint density at radius 2 is 1.96 bits per heavy atom. The first-order chi connectivity index (χ1) is 12.6. The summed E-state index contributed by atoms with van der Waals surface area (Å²) >= 11 is 0. The number of guanidine groups is 1. The predicted molar refractivity (Wildman–Crippen MR) is 104 cm³/mol. The number of rotatable bonds is 6. The molecule has 0 aromatic heterocycles. The fourth-order valence-corrected chi connectivity index (χ4v) is 2.21. The monoisotopic (exact) mass is 350 g/mol. The summed E-state index contributed by atoms with van der Waals surface area (Å²) in [6, 6.07) is 14.8. The summed E-state index contributed by atoms with van der Waals surface area (Å²) in [5.41, 5.74) is 2.45. The third-order valence-corrected chi connectivity index (χ3v) is 3.57. The molecule has 0 heterocycles. The SMILES string of the molecule is C#Cc1cccc(NC(=O)CNC(=NC)NCc2ccc(OC)cc2)c1. The highest BCUT2D eigenvalue weighted by molar-refractivity contribution is 5.95. The van der Waals surface area contributed by atoms with Crippen LogP contribution in [-0.2, 0) is 11.3 Å². The molecule has 0 aliphatic rings. The molecular weight excluding hydrogens is 328 g/mol. The predicted octanol–water partition coefficient (Wildman–Crippen LogP) is 1.98. The summed E-state index contributed by atoms with van der Waals surface area (Å²) in [5, 5.41) is 8.91. The molecule has 2 aromatic carbocycles. The molecule has 0 spiro atoms. The van der Waals surface area contributed by atoms with Crippen LogP contribution in [0.25, 0.3) is 0 Å². The molecule has 6 nitrogen and oxygen atoms in total. The summed E-state index contributed by atoms with van der Waals surface area (Å²) in [6.45, 7) is 0.665. The second-order valence-electron chi connectivity index (χ2n) is 5.40. The summed E-state index contributed by atoms with van der Waals surface area (Å²) in [6.07, 6.45) is 5.36. The van der Waals surface area contributed by atoms with Crippen LogP contribution in [0.2, 0.25) is 0 Å². The number of carbonyl (C=O) groups excluding carboxylic acids is 1. The van der Waals surface area contributed by atoms with Crippen LogP contribution in [0.5, 0.6) is 5.75 Å². The van der Waals surface area contributed by atoms with Gasteiger partial charge in [0.2, 0.25) is 5.91 Å². The third-order valence-electron chi connectivity index (χ3n) is 3.57. The number of aliphatic imine (C=N–C) groups is 1. The van der Waals surface area contributed by atoms with E-state index in [1.807, 2.05) is 24.3 Å². The number of methoxy groups -OCH3 is 1. The van der Waals surface area contributed by atoms with Gasteiger partial charge in [0.1, 0.15) is 5.75 Å². The standard InChI is InChI=1S/C20H22N4O2/c1-4-15-6-5-7-17(12-15)24-19(25)14-23-20(21-2)22-13-16-8-10-18(26-3)11-9-16/h1,5-12H,13-14H2,2-3H3,(H,24,25)(H2,21,22,23). The maximum Gasteiger partial charge on any atom is 0.243 e. The molecule has 2 rings (SSSR count). The molecule has 2 aromatic rings. The topological polar surface area (TPSA) is 74.8 Å². The van der Waals surface area contributed by atoms with Gasteiger partial charge in [-0.25, -0.2) is 0 Å². The van der Waals surface area contributed by atoms with E-state index in [0.29, 0.717) is 23.8 Å². The number of terminal acetylenes is 1. The quantitative estimate of drug-likeness (QED) is 0.423. The number of nitrogens with one attached hydrogen (secondary N) is 3. The molecule has 1 amide bonds. The zero-order valence-corrected chi connectivity index (χ0v) is 14.9. The molecule has 0 bridgehead atoms. The Labute approximate surface area is 153 Å². The van der Waals surface area contributed by atoms with Gasteiger partial charge in [0.05, 0.1) is 13.7 Å². The third kappa shape index (κ3) is 5.87. The molecule has 0 saturated carbocycles. The minimum Gasteiger partial charge on any atom is -0.497 e.